The molecule has 3 nitrogen and oxygen atoms in total. The van der Waals surface area contributed by atoms with Gasteiger partial charge in [0.1, 0.15) is 5.75 Å². The Kier molecular flexibility index (Phi) is 9.67. The van der Waals surface area contributed by atoms with Gasteiger partial charge in [-0.1, -0.05) is 45.4 Å². The lowest BCUT2D eigenvalue weighted by Crippen LogP contribution is -2.27. The molecule has 2 fully saturated rings. The fourth-order valence-electron chi connectivity index (χ4n) is 5.72. The molecule has 1 aromatic rings. The maximum Gasteiger partial charge on any atom is 0.179 e. The van der Waals surface area contributed by atoms with Gasteiger partial charge in [0, 0.05) is 0 Å². The van der Waals surface area contributed by atoms with E-state index in [0.29, 0.717) is 31.2 Å². The molecule has 0 heterocycles. The van der Waals surface area contributed by atoms with Crippen molar-refractivity contribution in [1.29, 1.82) is 0 Å². The summed E-state index contributed by atoms with van der Waals surface area (Å²) in [5.41, 5.74) is -0.0321. The number of hydrogen-bond acceptors (Lipinski definition) is 3. The van der Waals surface area contributed by atoms with Crippen molar-refractivity contribution in [3.8, 4) is 11.5 Å². The zero-order valence-corrected chi connectivity index (χ0v) is 19.5. The molecule has 3 rings (SSSR count). The molecule has 0 radical (unpaired) electrons. The van der Waals surface area contributed by atoms with Gasteiger partial charge < -0.3 is 9.47 Å². The lowest BCUT2D eigenvalue weighted by molar-refractivity contribution is 0.110. The molecular weight excluding hydrogens is 391 g/mol. The summed E-state index contributed by atoms with van der Waals surface area (Å²) in [5.74, 6) is 3.10. The maximum atomic E-state index is 14.4. The molecule has 2 saturated carbocycles. The highest BCUT2D eigenvalue weighted by atomic mass is 19.1. The third-order valence-electron chi connectivity index (χ3n) is 7.66. The number of rotatable bonds is 11. The minimum absolute atomic E-state index is 0.0321. The summed E-state index contributed by atoms with van der Waals surface area (Å²) in [5, 5.41) is 0. The van der Waals surface area contributed by atoms with Crippen molar-refractivity contribution in [3.05, 3.63) is 23.5 Å². The summed E-state index contributed by atoms with van der Waals surface area (Å²) < 4.78 is 25.6. The summed E-state index contributed by atoms with van der Waals surface area (Å²) in [6.07, 6.45) is 16.8. The summed E-state index contributed by atoms with van der Waals surface area (Å²) in [7, 11) is 0. The average molecular weight is 433 g/mol. The van der Waals surface area contributed by atoms with Gasteiger partial charge in [-0.25, -0.2) is 4.39 Å². The average Bonchev–Trinajstić information content (AvgIpc) is 2.80. The number of aldehydes is 1. The number of ether oxygens (including phenoxy) is 2. The van der Waals surface area contributed by atoms with Gasteiger partial charge in [-0.3, -0.25) is 4.79 Å². The van der Waals surface area contributed by atoms with Gasteiger partial charge >= 0.3 is 0 Å². The molecule has 0 spiro atoms. The number of hydrogen-bond donors (Lipinski definition) is 0. The van der Waals surface area contributed by atoms with E-state index in [4.69, 9.17) is 9.47 Å². The van der Waals surface area contributed by atoms with Crippen LogP contribution in [0.25, 0.3) is 0 Å². The largest absolute Gasteiger partial charge is 0.492 e. The Hall–Kier alpha value is -1.58. The Balaban J connectivity index is 1.41. The number of carbonyl (C=O) groups is 1. The Labute approximate surface area is 188 Å². The summed E-state index contributed by atoms with van der Waals surface area (Å²) in [6.45, 7) is 5.00. The van der Waals surface area contributed by atoms with Crippen LogP contribution in [-0.4, -0.2) is 19.5 Å². The van der Waals surface area contributed by atoms with E-state index in [9.17, 15) is 9.18 Å². The topological polar surface area (TPSA) is 35.5 Å². The number of unbranched alkanes of at least 4 members (excludes halogenated alkanes) is 2. The first-order valence-corrected chi connectivity index (χ1v) is 12.7. The molecule has 0 N–H and O–H groups in total. The van der Waals surface area contributed by atoms with E-state index < -0.39 is 5.82 Å². The van der Waals surface area contributed by atoms with Crippen molar-refractivity contribution in [2.24, 2.45) is 23.7 Å². The van der Waals surface area contributed by atoms with Crippen LogP contribution < -0.4 is 9.47 Å². The van der Waals surface area contributed by atoms with Crippen LogP contribution in [0, 0.1) is 29.5 Å². The smallest absolute Gasteiger partial charge is 0.179 e. The van der Waals surface area contributed by atoms with E-state index in [2.05, 4.69) is 6.92 Å². The summed E-state index contributed by atoms with van der Waals surface area (Å²) in [6, 6.07) is 3.21. The Morgan fingerprint density at radius 1 is 0.871 bits per heavy atom. The van der Waals surface area contributed by atoms with Crippen molar-refractivity contribution in [2.75, 3.05) is 13.2 Å². The normalized spacial score (nSPS) is 26.4. The van der Waals surface area contributed by atoms with Crippen LogP contribution in [0.2, 0.25) is 0 Å². The zero-order chi connectivity index (χ0) is 22.1. The quantitative estimate of drug-likeness (QED) is 0.267. The minimum atomic E-state index is -0.622. The third-order valence-corrected chi connectivity index (χ3v) is 7.66. The first kappa shape index (κ1) is 24.1. The molecule has 0 amide bonds. The second-order valence-corrected chi connectivity index (χ2v) is 9.71. The van der Waals surface area contributed by atoms with Gasteiger partial charge in [0.15, 0.2) is 17.9 Å². The molecular formula is C27H41FO3. The molecule has 0 unspecified atom stereocenters. The Morgan fingerprint density at radius 3 is 2.06 bits per heavy atom. The highest BCUT2D eigenvalue weighted by molar-refractivity contribution is 5.80. The Bertz CT molecular complexity index is 673. The van der Waals surface area contributed by atoms with Gasteiger partial charge in [-0.15, -0.1) is 0 Å². The lowest BCUT2D eigenvalue weighted by Gasteiger charge is -2.38. The maximum absolute atomic E-state index is 14.4. The van der Waals surface area contributed by atoms with E-state index in [-0.39, 0.29) is 11.3 Å². The molecule has 31 heavy (non-hydrogen) atoms. The van der Waals surface area contributed by atoms with Gasteiger partial charge in [-0.2, -0.15) is 0 Å². The SMILES string of the molecule is CCCCCC1CCC(C2CCC(COc3ccc(OCC)c(F)c3C=O)CC2)CC1. The monoisotopic (exact) mass is 432 g/mol. The number of halogens is 1. The molecule has 2 aliphatic rings. The first-order chi connectivity index (χ1) is 15.2. The van der Waals surface area contributed by atoms with Crippen LogP contribution in [0.3, 0.4) is 0 Å². The predicted octanol–water partition coefficient (Wildman–Crippen LogP) is 7.61. The van der Waals surface area contributed by atoms with Crippen molar-refractivity contribution in [3.63, 3.8) is 0 Å². The molecule has 1 aromatic carbocycles. The second kappa shape index (κ2) is 12.5. The van der Waals surface area contributed by atoms with Crippen molar-refractivity contribution < 1.29 is 18.7 Å². The number of benzene rings is 1. The van der Waals surface area contributed by atoms with Crippen LogP contribution >= 0.6 is 0 Å². The van der Waals surface area contributed by atoms with Gasteiger partial charge in [-0.05, 0) is 81.3 Å². The second-order valence-electron chi connectivity index (χ2n) is 9.71. The summed E-state index contributed by atoms with van der Waals surface area (Å²) >= 11 is 0. The van der Waals surface area contributed by atoms with E-state index in [0.717, 1.165) is 17.8 Å². The van der Waals surface area contributed by atoms with Crippen LogP contribution in [0.15, 0.2) is 12.1 Å². The first-order valence-electron chi connectivity index (χ1n) is 12.7. The van der Waals surface area contributed by atoms with Gasteiger partial charge in [0.05, 0.1) is 18.8 Å². The fourth-order valence-corrected chi connectivity index (χ4v) is 5.72. The van der Waals surface area contributed by atoms with Gasteiger partial charge in [0.25, 0.3) is 0 Å². The molecule has 0 atom stereocenters. The van der Waals surface area contributed by atoms with E-state index in [1.54, 1.807) is 19.1 Å². The van der Waals surface area contributed by atoms with Crippen molar-refractivity contribution in [1.82, 2.24) is 0 Å². The molecule has 0 aromatic heterocycles. The van der Waals surface area contributed by atoms with E-state index in [1.807, 2.05) is 0 Å². The highest BCUT2D eigenvalue weighted by Crippen LogP contribution is 2.42. The number of carbonyl (C=O) groups excluding carboxylic acids is 1. The zero-order valence-electron chi connectivity index (χ0n) is 19.5. The molecule has 0 aliphatic heterocycles. The lowest BCUT2D eigenvalue weighted by atomic mass is 9.69. The van der Waals surface area contributed by atoms with Crippen LogP contribution in [-0.2, 0) is 0 Å². The third kappa shape index (κ3) is 6.70. The molecule has 0 bridgehead atoms. The van der Waals surface area contributed by atoms with Crippen molar-refractivity contribution in [2.45, 2.75) is 90.9 Å². The van der Waals surface area contributed by atoms with Gasteiger partial charge in [0.2, 0.25) is 0 Å². The molecule has 174 valence electrons. The summed E-state index contributed by atoms with van der Waals surface area (Å²) in [4.78, 5) is 11.4. The standard InChI is InChI=1S/C27H41FO3/c1-3-5-6-7-20-8-12-22(13-9-20)23-14-10-21(11-15-23)19-31-25-16-17-26(30-4-2)27(28)24(25)18-29/h16-18,20-23H,3-15,19H2,1-2H3. The minimum Gasteiger partial charge on any atom is -0.492 e. The molecule has 2 aliphatic carbocycles. The highest BCUT2D eigenvalue weighted by Gasteiger charge is 2.31. The van der Waals surface area contributed by atoms with E-state index >= 15 is 0 Å². The fraction of sp³-hybridized carbons (Fsp3) is 0.741. The molecule has 0 saturated heterocycles. The van der Waals surface area contributed by atoms with Crippen LogP contribution in [0.5, 0.6) is 11.5 Å². The van der Waals surface area contributed by atoms with E-state index in [1.165, 1.54) is 77.0 Å². The van der Waals surface area contributed by atoms with Crippen LogP contribution in [0.4, 0.5) is 4.39 Å². The van der Waals surface area contributed by atoms with Crippen molar-refractivity contribution >= 4 is 6.29 Å². The molecule has 4 heteroatoms. The Morgan fingerprint density at radius 2 is 1.48 bits per heavy atom. The predicted molar refractivity (Wildman–Crippen MR) is 123 cm³/mol. The van der Waals surface area contributed by atoms with Crippen LogP contribution in [0.1, 0.15) is 101 Å².